The molecule has 0 saturated carbocycles. The molecule has 4 nitrogen and oxygen atoms in total. The number of hydrogen-bond acceptors (Lipinski definition) is 4. The number of allylic oxidation sites excluding steroid dienone is 1. The summed E-state index contributed by atoms with van der Waals surface area (Å²) in [7, 11) is 0. The van der Waals surface area contributed by atoms with Gasteiger partial charge in [-0.3, -0.25) is 4.79 Å². The van der Waals surface area contributed by atoms with Gasteiger partial charge in [-0.05, 0) is 29.1 Å². The van der Waals surface area contributed by atoms with Crippen molar-refractivity contribution in [3.05, 3.63) is 18.0 Å². The minimum Gasteiger partial charge on any atom is -0.360 e. The Morgan fingerprint density at radius 3 is 1.57 bits per heavy atom. The molecule has 0 saturated heterocycles. The molecule has 0 heterocycles. The fraction of sp³-hybridized carbons (Fsp3) is 0.871. The van der Waals surface area contributed by atoms with Crippen LogP contribution in [0.2, 0.25) is 0 Å². The molecule has 0 fully saturated rings. The number of carbonyl (C=O) groups is 1. The van der Waals surface area contributed by atoms with E-state index in [1.165, 1.54) is 0 Å². The number of hydrogen-bond donors (Lipinski definition) is 2. The van der Waals surface area contributed by atoms with Crippen LogP contribution < -0.4 is 10.6 Å². The first-order valence-electron chi connectivity index (χ1n) is 13.8. The summed E-state index contributed by atoms with van der Waals surface area (Å²) in [5, 5.41) is 7.22. The van der Waals surface area contributed by atoms with Crippen LogP contribution in [0.15, 0.2) is 18.0 Å². The summed E-state index contributed by atoms with van der Waals surface area (Å²) in [6, 6.07) is 0.934. The van der Waals surface area contributed by atoms with Crippen LogP contribution in [0.4, 0.5) is 0 Å². The molecule has 0 spiro atoms. The van der Waals surface area contributed by atoms with E-state index in [2.05, 4.69) is 111 Å². The lowest BCUT2D eigenvalue weighted by molar-refractivity contribution is -0.123. The van der Waals surface area contributed by atoms with Gasteiger partial charge in [-0.2, -0.15) is 0 Å². The number of rotatable bonds is 17. The fourth-order valence-corrected chi connectivity index (χ4v) is 5.60. The minimum absolute atomic E-state index is 0.00755. The predicted molar refractivity (Wildman–Crippen MR) is 155 cm³/mol. The van der Waals surface area contributed by atoms with Crippen molar-refractivity contribution in [2.75, 3.05) is 26.2 Å². The molecule has 0 aromatic heterocycles. The van der Waals surface area contributed by atoms with Crippen molar-refractivity contribution in [3.8, 4) is 0 Å². The zero-order valence-electron chi connectivity index (χ0n) is 26.0. The number of nitrogens with zero attached hydrogens (tertiary/aromatic N) is 1. The number of nitrogens with one attached hydrogen (secondary N) is 2. The normalized spacial score (nSPS) is 13.5. The highest BCUT2D eigenvalue weighted by Crippen LogP contribution is 2.42. The van der Waals surface area contributed by atoms with Gasteiger partial charge in [0.15, 0.2) is 5.78 Å². The van der Waals surface area contributed by atoms with E-state index in [1.54, 1.807) is 0 Å². The molecule has 0 aliphatic rings. The Morgan fingerprint density at radius 1 is 0.771 bits per heavy atom. The van der Waals surface area contributed by atoms with Gasteiger partial charge in [-0.1, -0.05) is 104 Å². The Hall–Kier alpha value is -1.09. The molecule has 4 heteroatoms. The lowest BCUT2D eigenvalue weighted by Gasteiger charge is -2.44. The summed E-state index contributed by atoms with van der Waals surface area (Å²) in [4.78, 5) is 15.3. The van der Waals surface area contributed by atoms with Crippen molar-refractivity contribution in [1.82, 2.24) is 15.5 Å². The van der Waals surface area contributed by atoms with Gasteiger partial charge in [0.25, 0.3) is 0 Å². The average molecular weight is 492 g/mol. The maximum absolute atomic E-state index is 13.0. The van der Waals surface area contributed by atoms with E-state index in [1.807, 2.05) is 13.8 Å². The minimum atomic E-state index is -0.161. The standard InChI is InChI=1S/C31H61N3O/c1-16-27(31(14,15)19-29(10,11)21-33-25(6)7)34(17-26(35)23(2)3)22-30(12,13)18-28(8,9)20-32-24(4)5/h23-25,32-33H,1,17-22H2,2-15H3. The monoisotopic (exact) mass is 491 g/mol. The van der Waals surface area contributed by atoms with Crippen LogP contribution >= 0.6 is 0 Å². The van der Waals surface area contributed by atoms with E-state index in [0.717, 1.165) is 38.2 Å². The summed E-state index contributed by atoms with van der Waals surface area (Å²) in [5.74, 6) is 0.277. The van der Waals surface area contributed by atoms with Crippen LogP contribution in [-0.2, 0) is 4.79 Å². The van der Waals surface area contributed by atoms with Crippen molar-refractivity contribution in [2.24, 2.45) is 27.6 Å². The Labute approximate surface area is 219 Å². The third kappa shape index (κ3) is 13.7. The molecule has 206 valence electrons. The second-order valence-corrected chi connectivity index (χ2v) is 14.8. The van der Waals surface area contributed by atoms with Gasteiger partial charge in [0.05, 0.1) is 12.2 Å². The first kappa shape index (κ1) is 33.9. The summed E-state index contributed by atoms with van der Waals surface area (Å²) < 4.78 is 0. The molecule has 2 N–H and O–H groups in total. The van der Waals surface area contributed by atoms with Crippen molar-refractivity contribution in [1.29, 1.82) is 0 Å². The van der Waals surface area contributed by atoms with Gasteiger partial charge in [-0.25, -0.2) is 0 Å². The van der Waals surface area contributed by atoms with E-state index in [-0.39, 0.29) is 33.4 Å². The first-order valence-corrected chi connectivity index (χ1v) is 13.8. The van der Waals surface area contributed by atoms with Crippen molar-refractivity contribution in [3.63, 3.8) is 0 Å². The van der Waals surface area contributed by atoms with Crippen LogP contribution in [0.5, 0.6) is 0 Å². The van der Waals surface area contributed by atoms with E-state index < -0.39 is 0 Å². The highest BCUT2D eigenvalue weighted by molar-refractivity contribution is 5.82. The van der Waals surface area contributed by atoms with Crippen LogP contribution in [0.1, 0.15) is 110 Å². The van der Waals surface area contributed by atoms with Gasteiger partial charge in [0.1, 0.15) is 0 Å². The topological polar surface area (TPSA) is 44.4 Å². The third-order valence-electron chi connectivity index (χ3n) is 6.59. The molecule has 0 atom stereocenters. The highest BCUT2D eigenvalue weighted by Gasteiger charge is 2.38. The molecular weight excluding hydrogens is 430 g/mol. The average Bonchev–Trinajstić information content (AvgIpc) is 2.63. The summed E-state index contributed by atoms with van der Waals surface area (Å²) in [6.07, 6.45) is 2.04. The van der Waals surface area contributed by atoms with E-state index in [9.17, 15) is 4.79 Å². The summed E-state index contributed by atoms with van der Waals surface area (Å²) in [6.45, 7) is 38.6. The zero-order valence-corrected chi connectivity index (χ0v) is 26.0. The molecule has 0 radical (unpaired) electrons. The summed E-state index contributed by atoms with van der Waals surface area (Å²) in [5.41, 5.74) is 4.48. The van der Waals surface area contributed by atoms with Crippen LogP contribution in [0.25, 0.3) is 0 Å². The van der Waals surface area contributed by atoms with E-state index >= 15 is 0 Å². The second kappa shape index (κ2) is 13.5. The van der Waals surface area contributed by atoms with Crippen LogP contribution in [0, 0.1) is 27.6 Å². The third-order valence-corrected chi connectivity index (χ3v) is 6.59. The molecule has 0 bridgehead atoms. The molecule has 0 aliphatic heterocycles. The smallest absolute Gasteiger partial charge is 0.154 e. The van der Waals surface area contributed by atoms with Crippen molar-refractivity contribution >= 4 is 5.78 Å². The van der Waals surface area contributed by atoms with Crippen molar-refractivity contribution in [2.45, 2.75) is 122 Å². The predicted octanol–water partition coefficient (Wildman–Crippen LogP) is 7.06. The number of carbonyl (C=O) groups excluding carboxylic acids is 1. The van der Waals surface area contributed by atoms with Gasteiger partial charge < -0.3 is 15.5 Å². The highest BCUT2D eigenvalue weighted by atomic mass is 16.1. The quantitative estimate of drug-likeness (QED) is 0.214. The molecule has 0 unspecified atom stereocenters. The Morgan fingerprint density at radius 2 is 1.20 bits per heavy atom. The van der Waals surface area contributed by atoms with Gasteiger partial charge in [0, 0.05) is 43.1 Å². The number of Topliss-reactive ketones (excluding diaryl/α,β-unsaturated/α-hetero) is 1. The van der Waals surface area contributed by atoms with Gasteiger partial charge in [-0.15, -0.1) is 5.73 Å². The Bertz CT molecular complexity index is 707. The summed E-state index contributed by atoms with van der Waals surface area (Å²) >= 11 is 0. The lowest BCUT2D eigenvalue weighted by Crippen LogP contribution is -2.45. The fourth-order valence-electron chi connectivity index (χ4n) is 5.60. The SMILES string of the molecule is C=C=C(N(CC(=O)C(C)C)CC(C)(C)CC(C)(C)CNC(C)C)C(C)(C)CC(C)(C)CNC(C)C. The van der Waals surface area contributed by atoms with E-state index in [4.69, 9.17) is 0 Å². The number of ketones is 1. The lowest BCUT2D eigenvalue weighted by atomic mass is 9.71. The molecule has 35 heavy (non-hydrogen) atoms. The Balaban J connectivity index is 5.96. The van der Waals surface area contributed by atoms with E-state index in [0.29, 0.717) is 18.6 Å². The second-order valence-electron chi connectivity index (χ2n) is 14.8. The van der Waals surface area contributed by atoms with Crippen molar-refractivity contribution < 1.29 is 4.79 Å². The van der Waals surface area contributed by atoms with Crippen LogP contribution in [0.3, 0.4) is 0 Å². The maximum atomic E-state index is 13.0. The largest absolute Gasteiger partial charge is 0.360 e. The molecule has 0 aromatic carbocycles. The molecular formula is C31H61N3O. The zero-order chi connectivity index (χ0) is 27.8. The molecule has 0 aliphatic carbocycles. The maximum Gasteiger partial charge on any atom is 0.154 e. The van der Waals surface area contributed by atoms with Gasteiger partial charge >= 0.3 is 0 Å². The molecule has 0 aromatic rings. The molecule has 0 amide bonds. The van der Waals surface area contributed by atoms with Crippen LogP contribution in [-0.4, -0.2) is 48.9 Å². The Kier molecular flexibility index (Phi) is 13.0. The van der Waals surface area contributed by atoms with Gasteiger partial charge in [0.2, 0.25) is 0 Å². The first-order chi connectivity index (χ1) is 15.6. The molecule has 0 rings (SSSR count).